The molecule has 0 amide bonds. The first kappa shape index (κ1) is 12.7. The lowest BCUT2D eigenvalue weighted by atomic mass is 10.1. The Hall–Kier alpha value is -1.77. The minimum Gasteiger partial charge on any atom is -0.486 e. The molecule has 0 saturated carbocycles. The molecule has 2 rings (SSSR count). The van der Waals surface area contributed by atoms with E-state index in [1.54, 1.807) is 6.20 Å². The van der Waals surface area contributed by atoms with Crippen LogP contribution in [-0.2, 0) is 6.61 Å². The van der Waals surface area contributed by atoms with Gasteiger partial charge < -0.3 is 4.74 Å². The largest absolute Gasteiger partial charge is 0.486 e. The number of aromatic nitrogens is 2. The normalized spacial score (nSPS) is 10.9. The van der Waals surface area contributed by atoms with Crippen molar-refractivity contribution in [1.29, 1.82) is 0 Å². The van der Waals surface area contributed by atoms with Crippen LogP contribution in [0.5, 0.6) is 5.75 Å². The van der Waals surface area contributed by atoms with E-state index in [1.165, 1.54) is 16.7 Å². The minimum absolute atomic E-state index is 0.365. The molecule has 0 aliphatic heterocycles. The molecule has 3 nitrogen and oxygen atoms in total. The summed E-state index contributed by atoms with van der Waals surface area (Å²) >= 11 is 0. The van der Waals surface area contributed by atoms with E-state index in [-0.39, 0.29) is 0 Å². The summed E-state index contributed by atoms with van der Waals surface area (Å²) in [7, 11) is 0. The Morgan fingerprint density at radius 1 is 1.22 bits per heavy atom. The van der Waals surface area contributed by atoms with Crippen LogP contribution in [-0.4, -0.2) is 9.78 Å². The molecule has 0 N–H and O–H groups in total. The molecule has 0 saturated heterocycles. The van der Waals surface area contributed by atoms with Crippen molar-refractivity contribution in [2.75, 3.05) is 0 Å². The van der Waals surface area contributed by atoms with Gasteiger partial charge in [0.2, 0.25) is 0 Å². The van der Waals surface area contributed by atoms with Crippen molar-refractivity contribution in [2.24, 2.45) is 0 Å². The highest BCUT2D eigenvalue weighted by Gasteiger charge is 2.03. The van der Waals surface area contributed by atoms with Crippen molar-refractivity contribution in [2.45, 2.75) is 40.3 Å². The van der Waals surface area contributed by atoms with Gasteiger partial charge in [0.05, 0.1) is 12.4 Å². The molecule has 2 aromatic rings. The fraction of sp³-hybridized carbons (Fsp3) is 0.400. The molecule has 18 heavy (non-hydrogen) atoms. The first-order valence-electron chi connectivity index (χ1n) is 6.29. The number of hydrogen-bond acceptors (Lipinski definition) is 2. The predicted molar refractivity (Wildman–Crippen MR) is 72.9 cm³/mol. The van der Waals surface area contributed by atoms with Gasteiger partial charge in [-0.25, -0.2) is 0 Å². The first-order valence-corrected chi connectivity index (χ1v) is 6.29. The van der Waals surface area contributed by atoms with Crippen LogP contribution >= 0.6 is 0 Å². The third-order valence-electron chi connectivity index (χ3n) is 3.08. The average molecular weight is 244 g/mol. The third-order valence-corrected chi connectivity index (χ3v) is 3.08. The molecular weight excluding hydrogens is 224 g/mol. The van der Waals surface area contributed by atoms with Gasteiger partial charge in [0, 0.05) is 6.04 Å². The van der Waals surface area contributed by atoms with Crippen molar-refractivity contribution < 1.29 is 4.74 Å². The number of benzene rings is 1. The second kappa shape index (κ2) is 5.25. The minimum atomic E-state index is 0.365. The second-order valence-corrected chi connectivity index (χ2v) is 4.96. The Morgan fingerprint density at radius 2 is 2.00 bits per heavy atom. The number of aryl methyl sites for hydroxylation is 2. The van der Waals surface area contributed by atoms with Crippen molar-refractivity contribution >= 4 is 0 Å². The van der Waals surface area contributed by atoms with Gasteiger partial charge in [-0.05, 0) is 44.4 Å². The Morgan fingerprint density at radius 3 is 2.61 bits per heavy atom. The lowest BCUT2D eigenvalue weighted by Gasteiger charge is -2.06. The van der Waals surface area contributed by atoms with E-state index >= 15 is 0 Å². The molecular formula is C15H20N2O. The summed E-state index contributed by atoms with van der Waals surface area (Å²) in [4.78, 5) is 0. The molecule has 0 spiro atoms. The van der Waals surface area contributed by atoms with Crippen LogP contribution in [0.2, 0.25) is 0 Å². The maximum Gasteiger partial charge on any atom is 0.157 e. The Kier molecular flexibility index (Phi) is 3.70. The van der Waals surface area contributed by atoms with Crippen LogP contribution in [0.1, 0.15) is 36.6 Å². The molecule has 0 unspecified atom stereocenters. The van der Waals surface area contributed by atoms with Crippen molar-refractivity contribution in [3.63, 3.8) is 0 Å². The fourth-order valence-electron chi connectivity index (χ4n) is 1.74. The lowest BCUT2D eigenvalue weighted by Crippen LogP contribution is -2.00. The molecule has 0 fully saturated rings. The van der Waals surface area contributed by atoms with E-state index in [1.807, 2.05) is 10.9 Å². The molecule has 3 heteroatoms. The van der Waals surface area contributed by atoms with Crippen LogP contribution in [0, 0.1) is 13.8 Å². The van der Waals surface area contributed by atoms with E-state index in [9.17, 15) is 0 Å². The van der Waals surface area contributed by atoms with E-state index in [2.05, 4.69) is 51.0 Å². The van der Waals surface area contributed by atoms with Gasteiger partial charge in [-0.15, -0.1) is 0 Å². The lowest BCUT2D eigenvalue weighted by molar-refractivity contribution is 0.305. The third kappa shape index (κ3) is 2.92. The van der Waals surface area contributed by atoms with Crippen LogP contribution in [0.3, 0.4) is 0 Å². The average Bonchev–Trinajstić information content (AvgIpc) is 2.79. The topological polar surface area (TPSA) is 27.1 Å². The molecule has 96 valence electrons. The standard InChI is InChI=1S/C15H20N2O/c1-11(2)17-9-15(8-16-17)18-10-14-6-5-12(3)13(4)7-14/h5-9,11H,10H2,1-4H3. The van der Waals surface area contributed by atoms with Crippen LogP contribution in [0.25, 0.3) is 0 Å². The molecule has 0 bridgehead atoms. The van der Waals surface area contributed by atoms with Crippen LogP contribution < -0.4 is 4.74 Å². The second-order valence-electron chi connectivity index (χ2n) is 4.96. The van der Waals surface area contributed by atoms with E-state index in [0.29, 0.717) is 12.6 Å². The van der Waals surface area contributed by atoms with Crippen LogP contribution in [0.4, 0.5) is 0 Å². The van der Waals surface area contributed by atoms with E-state index in [0.717, 1.165) is 5.75 Å². The van der Waals surface area contributed by atoms with Crippen molar-refractivity contribution in [3.8, 4) is 5.75 Å². The summed E-state index contributed by atoms with van der Waals surface area (Å²) in [6.07, 6.45) is 3.70. The zero-order valence-corrected chi connectivity index (χ0v) is 11.5. The maximum absolute atomic E-state index is 5.73. The van der Waals surface area contributed by atoms with Gasteiger partial charge in [0.25, 0.3) is 0 Å². The predicted octanol–water partition coefficient (Wildman–Crippen LogP) is 3.66. The van der Waals surface area contributed by atoms with Gasteiger partial charge in [0.15, 0.2) is 5.75 Å². The SMILES string of the molecule is Cc1ccc(COc2cnn(C(C)C)c2)cc1C. The smallest absolute Gasteiger partial charge is 0.157 e. The quantitative estimate of drug-likeness (QED) is 0.820. The summed E-state index contributed by atoms with van der Waals surface area (Å²) < 4.78 is 7.63. The van der Waals surface area contributed by atoms with Crippen molar-refractivity contribution in [1.82, 2.24) is 9.78 Å². The van der Waals surface area contributed by atoms with Gasteiger partial charge in [-0.1, -0.05) is 18.2 Å². The van der Waals surface area contributed by atoms with Crippen LogP contribution in [0.15, 0.2) is 30.6 Å². The first-order chi connectivity index (χ1) is 8.56. The molecule has 1 aromatic carbocycles. The molecule has 1 aromatic heterocycles. The van der Waals surface area contributed by atoms with Crippen molar-refractivity contribution in [3.05, 3.63) is 47.3 Å². The summed E-state index contributed by atoms with van der Waals surface area (Å²) in [6.45, 7) is 9.02. The highest BCUT2D eigenvalue weighted by atomic mass is 16.5. The number of nitrogens with zero attached hydrogens (tertiary/aromatic N) is 2. The number of ether oxygens (including phenoxy) is 1. The molecule has 0 aliphatic rings. The highest BCUT2D eigenvalue weighted by Crippen LogP contribution is 2.16. The number of hydrogen-bond donors (Lipinski definition) is 0. The van der Waals surface area contributed by atoms with Gasteiger partial charge >= 0.3 is 0 Å². The summed E-state index contributed by atoms with van der Waals surface area (Å²) in [5, 5.41) is 4.25. The summed E-state index contributed by atoms with van der Waals surface area (Å²) in [5.74, 6) is 0.821. The van der Waals surface area contributed by atoms with E-state index < -0.39 is 0 Å². The van der Waals surface area contributed by atoms with Gasteiger partial charge in [-0.3, -0.25) is 4.68 Å². The fourth-order valence-corrected chi connectivity index (χ4v) is 1.74. The summed E-state index contributed by atoms with van der Waals surface area (Å²) in [5.41, 5.74) is 3.80. The van der Waals surface area contributed by atoms with E-state index in [4.69, 9.17) is 4.74 Å². The van der Waals surface area contributed by atoms with Gasteiger partial charge in [0.1, 0.15) is 6.61 Å². The molecule has 0 radical (unpaired) electrons. The monoisotopic (exact) mass is 244 g/mol. The summed E-state index contributed by atoms with van der Waals surface area (Å²) in [6, 6.07) is 6.77. The zero-order valence-electron chi connectivity index (χ0n) is 11.5. The Balaban J connectivity index is 2.00. The maximum atomic E-state index is 5.73. The molecule has 0 atom stereocenters. The molecule has 1 heterocycles. The Bertz CT molecular complexity index is 529. The number of rotatable bonds is 4. The highest BCUT2D eigenvalue weighted by molar-refractivity contribution is 5.29. The zero-order chi connectivity index (χ0) is 13.1. The Labute approximate surface area is 108 Å². The molecule has 0 aliphatic carbocycles. The van der Waals surface area contributed by atoms with Gasteiger partial charge in [-0.2, -0.15) is 5.10 Å².